The van der Waals surface area contributed by atoms with E-state index in [9.17, 15) is 4.79 Å². The second-order valence-corrected chi connectivity index (χ2v) is 1.84. The first kappa shape index (κ1) is 6.86. The number of carbonyl (C=O) groups is 1. The largest absolute Gasteiger partial charge is 0.509 e. The van der Waals surface area contributed by atoms with Crippen LogP contribution in [0.25, 0.3) is 0 Å². The summed E-state index contributed by atoms with van der Waals surface area (Å²) in [5.74, 6) is 0. The van der Waals surface area contributed by atoms with Crippen LogP contribution in [0.5, 0.6) is 0 Å². The van der Waals surface area contributed by atoms with Gasteiger partial charge in [0.1, 0.15) is 6.61 Å². The minimum Gasteiger partial charge on any atom is -0.430 e. The summed E-state index contributed by atoms with van der Waals surface area (Å²) in [6.07, 6.45) is 4.22. The Bertz CT molecular complexity index is 172. The Morgan fingerprint density at radius 2 is 2.50 bits per heavy atom. The van der Waals surface area contributed by atoms with Gasteiger partial charge in [-0.25, -0.2) is 4.79 Å². The molecule has 0 spiro atoms. The number of cyclic esters (lactones) is 2. The quantitative estimate of drug-likeness (QED) is 0.428. The van der Waals surface area contributed by atoms with Crippen molar-refractivity contribution in [3.8, 4) is 0 Å². The summed E-state index contributed by atoms with van der Waals surface area (Å²) in [4.78, 5) is 10.3. The zero-order valence-electron chi connectivity index (χ0n) is 5.45. The number of hydrogen-bond acceptors (Lipinski definition) is 3. The number of allylic oxidation sites excluding steroid dienone is 2. The average Bonchev–Trinajstić information content (AvgIpc) is 2.31. The highest BCUT2D eigenvalue weighted by atomic mass is 16.8. The third-order valence-corrected chi connectivity index (χ3v) is 1.07. The van der Waals surface area contributed by atoms with Crippen LogP contribution in [0.15, 0.2) is 24.8 Å². The summed E-state index contributed by atoms with van der Waals surface area (Å²) in [6, 6.07) is 0. The Kier molecular flexibility index (Phi) is 2.10. The Morgan fingerprint density at radius 3 is 3.00 bits per heavy atom. The molecule has 1 heterocycles. The van der Waals surface area contributed by atoms with Crippen LogP contribution in [0.2, 0.25) is 0 Å². The molecule has 0 amide bonds. The maximum atomic E-state index is 10.3. The second kappa shape index (κ2) is 3.06. The molecule has 1 rings (SSSR count). The molecule has 3 heteroatoms. The molecule has 1 saturated heterocycles. The number of hydrogen-bond donors (Lipinski definition) is 0. The van der Waals surface area contributed by atoms with Crippen LogP contribution in [0.4, 0.5) is 4.79 Å². The molecule has 54 valence electrons. The lowest BCUT2D eigenvalue weighted by Crippen LogP contribution is -2.04. The van der Waals surface area contributed by atoms with Gasteiger partial charge >= 0.3 is 6.16 Å². The van der Waals surface area contributed by atoms with E-state index in [2.05, 4.69) is 16.1 Å². The molecule has 0 aromatic carbocycles. The van der Waals surface area contributed by atoms with E-state index in [1.165, 1.54) is 0 Å². The Hall–Kier alpha value is -1.25. The molecule has 0 radical (unpaired) electrons. The lowest BCUT2D eigenvalue weighted by molar-refractivity contribution is 0.125. The van der Waals surface area contributed by atoms with Gasteiger partial charge in [0.25, 0.3) is 0 Å². The summed E-state index contributed by atoms with van der Waals surface area (Å²) in [5.41, 5.74) is 0. The predicted octanol–water partition coefficient (Wildman–Crippen LogP) is 1.26. The second-order valence-electron chi connectivity index (χ2n) is 1.84. The van der Waals surface area contributed by atoms with Gasteiger partial charge in [-0.1, -0.05) is 18.7 Å². The van der Waals surface area contributed by atoms with E-state index in [0.717, 1.165) is 0 Å². The van der Waals surface area contributed by atoms with Crippen molar-refractivity contribution in [3.63, 3.8) is 0 Å². The summed E-state index contributed by atoms with van der Waals surface area (Å²) in [5, 5.41) is 0. The van der Waals surface area contributed by atoms with Crippen LogP contribution in [0, 0.1) is 0 Å². The fourth-order valence-electron chi connectivity index (χ4n) is 0.639. The highest BCUT2D eigenvalue weighted by Gasteiger charge is 2.21. The van der Waals surface area contributed by atoms with Crippen molar-refractivity contribution < 1.29 is 14.3 Å². The fraction of sp³-hybridized carbons (Fsp3) is 0.286. The van der Waals surface area contributed by atoms with E-state index in [1.807, 2.05) is 0 Å². The molecular weight excluding hydrogens is 132 g/mol. The van der Waals surface area contributed by atoms with Crippen molar-refractivity contribution in [2.75, 3.05) is 6.61 Å². The van der Waals surface area contributed by atoms with Gasteiger partial charge in [0.15, 0.2) is 6.10 Å². The molecular formula is C7H8O3. The molecule has 10 heavy (non-hydrogen) atoms. The Labute approximate surface area is 58.9 Å². The van der Waals surface area contributed by atoms with E-state index in [-0.39, 0.29) is 6.10 Å². The van der Waals surface area contributed by atoms with Gasteiger partial charge in [-0.2, -0.15) is 0 Å². The van der Waals surface area contributed by atoms with Gasteiger partial charge < -0.3 is 9.47 Å². The average molecular weight is 140 g/mol. The molecule has 0 bridgehead atoms. The maximum absolute atomic E-state index is 10.3. The standard InChI is InChI=1S/C7H8O3/c1-2-3-4-6-5-9-7(8)10-6/h2-4,6H,1,5H2/b4-3+. The van der Waals surface area contributed by atoms with Crippen LogP contribution >= 0.6 is 0 Å². The van der Waals surface area contributed by atoms with Crippen LogP contribution in [-0.4, -0.2) is 18.9 Å². The van der Waals surface area contributed by atoms with E-state index in [4.69, 9.17) is 0 Å². The van der Waals surface area contributed by atoms with Gasteiger partial charge in [-0.3, -0.25) is 0 Å². The third kappa shape index (κ3) is 1.62. The van der Waals surface area contributed by atoms with Gasteiger partial charge in [0.2, 0.25) is 0 Å². The predicted molar refractivity (Wildman–Crippen MR) is 35.6 cm³/mol. The molecule has 1 unspecified atom stereocenters. The van der Waals surface area contributed by atoms with Gasteiger partial charge in [-0.15, -0.1) is 0 Å². The highest BCUT2D eigenvalue weighted by Crippen LogP contribution is 2.06. The lowest BCUT2D eigenvalue weighted by Gasteiger charge is -1.94. The first-order chi connectivity index (χ1) is 4.83. The van der Waals surface area contributed by atoms with Crippen LogP contribution in [0.3, 0.4) is 0 Å². The SMILES string of the molecule is C=C/C=C/C1COC(=O)O1. The van der Waals surface area contributed by atoms with E-state index in [0.29, 0.717) is 6.61 Å². The summed E-state index contributed by atoms with van der Waals surface area (Å²) < 4.78 is 9.18. The number of ether oxygens (including phenoxy) is 2. The van der Waals surface area contributed by atoms with Crippen LogP contribution in [-0.2, 0) is 9.47 Å². The smallest absolute Gasteiger partial charge is 0.430 e. The summed E-state index contributed by atoms with van der Waals surface area (Å²) >= 11 is 0. The van der Waals surface area contributed by atoms with E-state index in [1.54, 1.807) is 18.2 Å². The summed E-state index contributed by atoms with van der Waals surface area (Å²) in [7, 11) is 0. The molecule has 1 aliphatic heterocycles. The van der Waals surface area contributed by atoms with Gasteiger partial charge in [0.05, 0.1) is 0 Å². The topological polar surface area (TPSA) is 35.5 Å². The molecule has 0 aliphatic carbocycles. The Balaban J connectivity index is 2.37. The minimum atomic E-state index is -0.598. The lowest BCUT2D eigenvalue weighted by atomic mass is 10.3. The minimum absolute atomic E-state index is 0.231. The number of rotatable bonds is 2. The molecule has 0 saturated carbocycles. The highest BCUT2D eigenvalue weighted by molar-refractivity contribution is 5.62. The maximum Gasteiger partial charge on any atom is 0.509 e. The zero-order chi connectivity index (χ0) is 7.40. The zero-order valence-corrected chi connectivity index (χ0v) is 5.45. The fourth-order valence-corrected chi connectivity index (χ4v) is 0.639. The van der Waals surface area contributed by atoms with Crippen LogP contribution in [0.1, 0.15) is 0 Å². The van der Waals surface area contributed by atoms with Crippen molar-refractivity contribution in [1.29, 1.82) is 0 Å². The van der Waals surface area contributed by atoms with Crippen molar-refractivity contribution in [2.24, 2.45) is 0 Å². The van der Waals surface area contributed by atoms with E-state index < -0.39 is 6.16 Å². The molecule has 0 aromatic heterocycles. The molecule has 1 fully saturated rings. The first-order valence-electron chi connectivity index (χ1n) is 2.95. The van der Waals surface area contributed by atoms with Gasteiger partial charge in [-0.05, 0) is 6.08 Å². The molecule has 0 N–H and O–H groups in total. The van der Waals surface area contributed by atoms with Crippen molar-refractivity contribution >= 4 is 6.16 Å². The monoisotopic (exact) mass is 140 g/mol. The molecule has 0 aromatic rings. The third-order valence-electron chi connectivity index (χ3n) is 1.07. The molecule has 1 atom stereocenters. The van der Waals surface area contributed by atoms with E-state index >= 15 is 0 Å². The van der Waals surface area contributed by atoms with Crippen molar-refractivity contribution in [1.82, 2.24) is 0 Å². The Morgan fingerprint density at radius 1 is 1.70 bits per heavy atom. The first-order valence-corrected chi connectivity index (χ1v) is 2.95. The van der Waals surface area contributed by atoms with Crippen molar-refractivity contribution in [2.45, 2.75) is 6.10 Å². The van der Waals surface area contributed by atoms with Crippen molar-refractivity contribution in [3.05, 3.63) is 24.8 Å². The molecule has 1 aliphatic rings. The molecule has 3 nitrogen and oxygen atoms in total. The normalized spacial score (nSPS) is 24.4. The number of carbonyl (C=O) groups excluding carboxylic acids is 1. The summed E-state index contributed by atoms with van der Waals surface area (Å²) in [6.45, 7) is 3.78. The van der Waals surface area contributed by atoms with Gasteiger partial charge in [0, 0.05) is 0 Å². The van der Waals surface area contributed by atoms with Crippen LogP contribution < -0.4 is 0 Å².